The molecule has 0 aliphatic heterocycles. The first-order chi connectivity index (χ1) is 12.0. The highest BCUT2D eigenvalue weighted by Gasteiger charge is 2.18. The molecule has 138 valence electrons. The van der Waals surface area contributed by atoms with Gasteiger partial charge in [0.25, 0.3) is 0 Å². The van der Waals surface area contributed by atoms with E-state index in [9.17, 15) is 9.90 Å². The Kier molecular flexibility index (Phi) is 6.64. The molecule has 2 unspecified atom stereocenters. The standard InChI is InChI=1S/C18H28N4O3/c1-5-14-13(15(6-2)22(4)21-14)11-19-18(24)20-12(3)10-16(23)17-8-7-9-25-17/h7-9,12,16,23H,5-6,10-11H2,1-4H3,(H2,19,20,24). The SMILES string of the molecule is CCc1nn(C)c(CC)c1CNC(=O)NC(C)CC(O)c1ccco1. The molecule has 25 heavy (non-hydrogen) atoms. The Hall–Kier alpha value is -2.28. The van der Waals surface area contributed by atoms with Gasteiger partial charge < -0.3 is 20.2 Å². The molecule has 0 bridgehead atoms. The maximum Gasteiger partial charge on any atom is 0.315 e. The molecule has 2 heterocycles. The van der Waals surface area contributed by atoms with Crippen molar-refractivity contribution in [2.24, 2.45) is 7.05 Å². The van der Waals surface area contributed by atoms with E-state index in [1.54, 1.807) is 12.1 Å². The van der Waals surface area contributed by atoms with Gasteiger partial charge in [-0.05, 0) is 31.9 Å². The van der Waals surface area contributed by atoms with Gasteiger partial charge in [-0.2, -0.15) is 5.10 Å². The molecule has 0 aliphatic rings. The van der Waals surface area contributed by atoms with Crippen LogP contribution >= 0.6 is 0 Å². The van der Waals surface area contributed by atoms with Gasteiger partial charge in [-0.15, -0.1) is 0 Å². The minimum absolute atomic E-state index is 0.190. The predicted octanol–water partition coefficient (Wildman–Crippen LogP) is 2.45. The van der Waals surface area contributed by atoms with Crippen molar-refractivity contribution in [2.75, 3.05) is 0 Å². The largest absolute Gasteiger partial charge is 0.467 e. The fourth-order valence-corrected chi connectivity index (χ4v) is 3.03. The number of amides is 2. The minimum Gasteiger partial charge on any atom is -0.467 e. The number of nitrogens with one attached hydrogen (secondary N) is 2. The second kappa shape index (κ2) is 8.71. The number of aliphatic hydroxyl groups excluding tert-OH is 1. The molecule has 2 aromatic rings. The Balaban J connectivity index is 1.86. The van der Waals surface area contributed by atoms with Gasteiger partial charge in [0, 0.05) is 37.3 Å². The zero-order valence-electron chi connectivity index (χ0n) is 15.4. The lowest BCUT2D eigenvalue weighted by Gasteiger charge is -2.17. The second-order valence-electron chi connectivity index (χ2n) is 6.20. The Morgan fingerprint density at radius 2 is 2.16 bits per heavy atom. The third-order valence-electron chi connectivity index (χ3n) is 4.28. The van der Waals surface area contributed by atoms with Crippen LogP contribution in [0.3, 0.4) is 0 Å². The number of furan rings is 1. The maximum atomic E-state index is 12.1. The van der Waals surface area contributed by atoms with E-state index in [1.807, 2.05) is 18.7 Å². The molecular formula is C18H28N4O3. The lowest BCUT2D eigenvalue weighted by molar-refractivity contribution is 0.129. The summed E-state index contributed by atoms with van der Waals surface area (Å²) < 4.78 is 7.06. The van der Waals surface area contributed by atoms with Crippen LogP contribution in [0.2, 0.25) is 0 Å². The van der Waals surface area contributed by atoms with E-state index >= 15 is 0 Å². The fraction of sp³-hybridized carbons (Fsp3) is 0.556. The summed E-state index contributed by atoms with van der Waals surface area (Å²) in [6.07, 6.45) is 2.87. The van der Waals surface area contributed by atoms with Gasteiger partial charge in [0.2, 0.25) is 0 Å². The Morgan fingerprint density at radius 3 is 2.76 bits per heavy atom. The van der Waals surface area contributed by atoms with Crippen LogP contribution in [0, 0.1) is 0 Å². The van der Waals surface area contributed by atoms with E-state index in [1.165, 1.54) is 6.26 Å². The van der Waals surface area contributed by atoms with Crippen molar-refractivity contribution in [1.29, 1.82) is 0 Å². The van der Waals surface area contributed by atoms with Crippen LogP contribution in [0.5, 0.6) is 0 Å². The predicted molar refractivity (Wildman–Crippen MR) is 95.1 cm³/mol. The number of hydrogen-bond donors (Lipinski definition) is 3. The molecule has 0 fully saturated rings. The monoisotopic (exact) mass is 348 g/mol. The number of aliphatic hydroxyl groups is 1. The lowest BCUT2D eigenvalue weighted by Crippen LogP contribution is -2.41. The smallest absolute Gasteiger partial charge is 0.315 e. The van der Waals surface area contributed by atoms with Gasteiger partial charge in [0.1, 0.15) is 11.9 Å². The number of aryl methyl sites for hydroxylation is 2. The fourth-order valence-electron chi connectivity index (χ4n) is 3.03. The number of carbonyl (C=O) groups excluding carboxylic acids is 1. The van der Waals surface area contributed by atoms with Crippen molar-refractivity contribution in [3.8, 4) is 0 Å². The van der Waals surface area contributed by atoms with Crippen LogP contribution in [0.15, 0.2) is 22.8 Å². The van der Waals surface area contributed by atoms with Crippen LogP contribution in [0.1, 0.15) is 56.0 Å². The van der Waals surface area contributed by atoms with Crippen molar-refractivity contribution < 1.29 is 14.3 Å². The highest BCUT2D eigenvalue weighted by atomic mass is 16.4. The molecule has 0 aromatic carbocycles. The van der Waals surface area contributed by atoms with Crippen LogP contribution < -0.4 is 10.6 Å². The number of aromatic nitrogens is 2. The summed E-state index contributed by atoms with van der Waals surface area (Å²) in [5.41, 5.74) is 3.24. The zero-order chi connectivity index (χ0) is 18.4. The molecule has 0 radical (unpaired) electrons. The third-order valence-corrected chi connectivity index (χ3v) is 4.28. The average molecular weight is 348 g/mol. The molecule has 0 spiro atoms. The first-order valence-electron chi connectivity index (χ1n) is 8.75. The van der Waals surface area contributed by atoms with Crippen molar-refractivity contribution in [3.63, 3.8) is 0 Å². The van der Waals surface area contributed by atoms with Crippen LogP contribution in [-0.4, -0.2) is 27.0 Å². The topological polar surface area (TPSA) is 92.3 Å². The van der Waals surface area contributed by atoms with Gasteiger partial charge in [-0.3, -0.25) is 4.68 Å². The summed E-state index contributed by atoms with van der Waals surface area (Å²) in [5.74, 6) is 0.504. The lowest BCUT2D eigenvalue weighted by atomic mass is 10.1. The molecule has 2 amide bonds. The number of nitrogens with zero attached hydrogens (tertiary/aromatic N) is 2. The summed E-state index contributed by atoms with van der Waals surface area (Å²) in [5, 5.41) is 20.3. The quantitative estimate of drug-likeness (QED) is 0.683. The second-order valence-corrected chi connectivity index (χ2v) is 6.20. The number of carbonyl (C=O) groups is 1. The highest BCUT2D eigenvalue weighted by molar-refractivity contribution is 5.74. The van der Waals surface area contributed by atoms with Gasteiger partial charge in [0.05, 0.1) is 12.0 Å². The zero-order valence-corrected chi connectivity index (χ0v) is 15.4. The molecular weight excluding hydrogens is 320 g/mol. The van der Waals surface area contributed by atoms with Crippen molar-refractivity contribution in [1.82, 2.24) is 20.4 Å². The summed E-state index contributed by atoms with van der Waals surface area (Å²) in [7, 11) is 1.93. The molecule has 2 rings (SSSR count). The van der Waals surface area contributed by atoms with E-state index in [4.69, 9.17) is 4.42 Å². The Morgan fingerprint density at radius 1 is 1.40 bits per heavy atom. The van der Waals surface area contributed by atoms with Gasteiger partial charge in [-0.25, -0.2) is 4.79 Å². The molecule has 2 aromatic heterocycles. The number of hydrogen-bond acceptors (Lipinski definition) is 4. The van der Waals surface area contributed by atoms with Crippen molar-refractivity contribution >= 4 is 6.03 Å². The van der Waals surface area contributed by atoms with Crippen molar-refractivity contribution in [3.05, 3.63) is 41.1 Å². The summed E-state index contributed by atoms with van der Waals surface area (Å²) in [6.45, 7) is 6.44. The molecule has 7 nitrogen and oxygen atoms in total. The van der Waals surface area contributed by atoms with Crippen molar-refractivity contribution in [2.45, 2.75) is 58.7 Å². The molecule has 3 N–H and O–H groups in total. The molecule has 2 atom stereocenters. The first kappa shape index (κ1) is 19.1. The highest BCUT2D eigenvalue weighted by Crippen LogP contribution is 2.18. The summed E-state index contributed by atoms with van der Waals surface area (Å²) in [4.78, 5) is 12.1. The molecule has 7 heteroatoms. The van der Waals surface area contributed by atoms with E-state index in [2.05, 4.69) is 29.6 Å². The molecule has 0 saturated carbocycles. The van der Waals surface area contributed by atoms with Crippen LogP contribution in [0.4, 0.5) is 4.79 Å². The van der Waals surface area contributed by atoms with E-state index in [0.29, 0.717) is 18.7 Å². The van der Waals surface area contributed by atoms with Gasteiger partial charge in [-0.1, -0.05) is 13.8 Å². The normalized spacial score (nSPS) is 13.5. The number of rotatable bonds is 8. The summed E-state index contributed by atoms with van der Waals surface area (Å²) >= 11 is 0. The van der Waals surface area contributed by atoms with Crippen LogP contribution in [0.25, 0.3) is 0 Å². The maximum absolute atomic E-state index is 12.1. The Labute approximate surface area is 148 Å². The third kappa shape index (κ3) is 4.85. The molecule has 0 saturated heterocycles. The summed E-state index contributed by atoms with van der Waals surface area (Å²) in [6, 6.07) is 3.00. The minimum atomic E-state index is -0.734. The van der Waals surface area contributed by atoms with E-state index < -0.39 is 6.10 Å². The van der Waals surface area contributed by atoms with E-state index in [-0.39, 0.29) is 12.1 Å². The van der Waals surface area contributed by atoms with Crippen LogP contribution in [-0.2, 0) is 26.4 Å². The average Bonchev–Trinajstić information content (AvgIpc) is 3.20. The molecule has 0 aliphatic carbocycles. The van der Waals surface area contributed by atoms with Gasteiger partial charge in [0.15, 0.2) is 0 Å². The van der Waals surface area contributed by atoms with E-state index in [0.717, 1.165) is 29.8 Å². The first-order valence-corrected chi connectivity index (χ1v) is 8.75. The van der Waals surface area contributed by atoms with Gasteiger partial charge >= 0.3 is 6.03 Å². The Bertz CT molecular complexity index is 679. The number of urea groups is 1.